The number of aromatic nitrogens is 1. The summed E-state index contributed by atoms with van der Waals surface area (Å²) in [6.45, 7) is 2.11. The number of carbonyl (C=O) groups excluding carboxylic acids is 1. The van der Waals surface area contributed by atoms with Gasteiger partial charge in [0, 0.05) is 55.8 Å². The normalized spacial score (nSPS) is 14.8. The Morgan fingerprint density at radius 3 is 2.50 bits per heavy atom. The van der Waals surface area contributed by atoms with Crippen LogP contribution in [0.4, 0.5) is 10.5 Å². The summed E-state index contributed by atoms with van der Waals surface area (Å²) in [5, 5.41) is 5.43. The van der Waals surface area contributed by atoms with Crippen LogP contribution in [-0.2, 0) is 9.84 Å². The summed E-state index contributed by atoms with van der Waals surface area (Å²) in [6.07, 6.45) is 5.67. The highest BCUT2D eigenvalue weighted by atomic mass is 35.5. The molecule has 2 amide bonds. The number of anilines is 1. The number of benzene rings is 2. The number of nitrogens with one attached hydrogen (secondary N) is 1. The van der Waals surface area contributed by atoms with E-state index in [0.29, 0.717) is 18.0 Å². The summed E-state index contributed by atoms with van der Waals surface area (Å²) in [5.41, 5.74) is 1.15. The van der Waals surface area contributed by atoms with Gasteiger partial charge in [-0.2, -0.15) is 0 Å². The summed E-state index contributed by atoms with van der Waals surface area (Å²) in [6, 6.07) is 14.4. The number of urea groups is 1. The number of carbonyl (C=O) groups is 1. The van der Waals surface area contributed by atoms with E-state index < -0.39 is 9.84 Å². The third kappa shape index (κ3) is 5.98. The summed E-state index contributed by atoms with van der Waals surface area (Å²) < 4.78 is 25.6. The van der Waals surface area contributed by atoms with Crippen LogP contribution >= 0.6 is 11.6 Å². The minimum atomic E-state index is -3.44. The number of pyridine rings is 1. The van der Waals surface area contributed by atoms with Crippen LogP contribution in [0, 0.1) is 0 Å². The zero-order valence-corrected chi connectivity index (χ0v) is 20.7. The number of fused-ring (bicyclic) bond motifs is 1. The molecular formula is C25H29ClN4O3S. The second-order valence-electron chi connectivity index (χ2n) is 8.66. The second kappa shape index (κ2) is 10.6. The molecule has 0 aliphatic carbocycles. The van der Waals surface area contributed by atoms with Gasteiger partial charge in [0.05, 0.1) is 10.6 Å². The lowest BCUT2D eigenvalue weighted by Gasteiger charge is -2.34. The Labute approximate surface area is 205 Å². The lowest BCUT2D eigenvalue weighted by molar-refractivity contribution is 0.202. The maximum atomic E-state index is 12.8. The maximum Gasteiger partial charge on any atom is 0.317 e. The van der Waals surface area contributed by atoms with Crippen LogP contribution in [0.15, 0.2) is 65.8 Å². The van der Waals surface area contributed by atoms with Crippen molar-refractivity contribution in [2.75, 3.05) is 37.3 Å². The molecule has 0 unspecified atom stereocenters. The molecule has 1 aliphatic rings. The first-order valence-electron chi connectivity index (χ1n) is 11.4. The minimum absolute atomic E-state index is 0.0198. The van der Waals surface area contributed by atoms with Crippen molar-refractivity contribution in [2.24, 2.45) is 0 Å². The van der Waals surface area contributed by atoms with Crippen molar-refractivity contribution in [1.29, 1.82) is 0 Å². The van der Waals surface area contributed by atoms with Crippen LogP contribution in [0.5, 0.6) is 0 Å². The van der Waals surface area contributed by atoms with Crippen molar-refractivity contribution in [3.63, 3.8) is 0 Å². The summed E-state index contributed by atoms with van der Waals surface area (Å²) in [7, 11) is -1.74. The Hall–Kier alpha value is -2.84. The number of hydrogen-bond acceptors (Lipinski definition) is 5. The van der Waals surface area contributed by atoms with Crippen LogP contribution < -0.4 is 10.2 Å². The second-order valence-corrected chi connectivity index (χ2v) is 11.2. The van der Waals surface area contributed by atoms with E-state index in [1.54, 1.807) is 48.6 Å². The lowest BCUT2D eigenvalue weighted by Crippen LogP contribution is -2.48. The van der Waals surface area contributed by atoms with Crippen molar-refractivity contribution in [3.8, 4) is 0 Å². The predicted molar refractivity (Wildman–Crippen MR) is 136 cm³/mol. The highest BCUT2D eigenvalue weighted by Gasteiger charge is 2.22. The minimum Gasteiger partial charge on any atom is -0.371 e. The van der Waals surface area contributed by atoms with Gasteiger partial charge in [-0.3, -0.25) is 4.98 Å². The van der Waals surface area contributed by atoms with E-state index in [1.165, 1.54) is 0 Å². The van der Waals surface area contributed by atoms with Gasteiger partial charge < -0.3 is 15.1 Å². The highest BCUT2D eigenvalue weighted by molar-refractivity contribution is 7.91. The molecule has 34 heavy (non-hydrogen) atoms. The molecule has 0 saturated carbocycles. The zero-order valence-electron chi connectivity index (χ0n) is 19.2. The van der Waals surface area contributed by atoms with E-state index >= 15 is 0 Å². The predicted octanol–water partition coefficient (Wildman–Crippen LogP) is 4.36. The van der Waals surface area contributed by atoms with Gasteiger partial charge in [0.15, 0.2) is 9.84 Å². The third-order valence-electron chi connectivity index (χ3n) is 6.24. The topological polar surface area (TPSA) is 82.6 Å². The van der Waals surface area contributed by atoms with Crippen molar-refractivity contribution in [2.45, 2.75) is 30.2 Å². The van der Waals surface area contributed by atoms with Gasteiger partial charge in [0.25, 0.3) is 0 Å². The Kier molecular flexibility index (Phi) is 7.58. The molecule has 180 valence electrons. The lowest BCUT2D eigenvalue weighted by atomic mass is 10.0. The monoisotopic (exact) mass is 500 g/mol. The largest absolute Gasteiger partial charge is 0.371 e. The van der Waals surface area contributed by atoms with E-state index in [9.17, 15) is 13.2 Å². The Bertz CT molecular complexity index is 1250. The third-order valence-corrected chi connectivity index (χ3v) is 8.27. The molecule has 1 saturated heterocycles. The number of amides is 2. The standard InChI is InChI=1S/C25H29ClN4O3S/c1-29(25(31)28-22-9-14-30(15-10-22)23-7-11-27-12-8-23)13-2-16-34(32,33)24-6-4-19-17-21(26)5-3-20(19)18-24/h3-8,11-12,17-18,22H,2,9-10,13-16H2,1H3,(H,28,31). The smallest absolute Gasteiger partial charge is 0.317 e. The van der Waals surface area contributed by atoms with Crippen molar-refractivity contribution in [3.05, 3.63) is 65.9 Å². The van der Waals surface area contributed by atoms with Gasteiger partial charge in [0.2, 0.25) is 0 Å². The van der Waals surface area contributed by atoms with E-state index in [-0.39, 0.29) is 22.7 Å². The van der Waals surface area contributed by atoms with E-state index in [0.717, 1.165) is 42.4 Å². The maximum absolute atomic E-state index is 12.8. The van der Waals surface area contributed by atoms with Gasteiger partial charge in [-0.25, -0.2) is 13.2 Å². The Morgan fingerprint density at radius 2 is 1.76 bits per heavy atom. The SMILES string of the molecule is CN(CCCS(=O)(=O)c1ccc2cc(Cl)ccc2c1)C(=O)NC1CCN(c2ccncc2)CC1. The molecule has 0 atom stereocenters. The van der Waals surface area contributed by atoms with Gasteiger partial charge in [-0.05, 0) is 66.4 Å². The molecule has 3 aromatic rings. The first-order valence-corrected chi connectivity index (χ1v) is 13.4. The van der Waals surface area contributed by atoms with E-state index in [2.05, 4.69) is 15.2 Å². The fourth-order valence-electron chi connectivity index (χ4n) is 4.22. The average Bonchev–Trinajstić information content (AvgIpc) is 2.84. The molecule has 9 heteroatoms. The summed E-state index contributed by atoms with van der Waals surface area (Å²) in [5.74, 6) is -0.0198. The number of nitrogens with zero attached hydrogens (tertiary/aromatic N) is 3. The van der Waals surface area contributed by atoms with E-state index in [4.69, 9.17) is 11.6 Å². The van der Waals surface area contributed by atoms with Crippen molar-refractivity contribution < 1.29 is 13.2 Å². The Balaban J connectivity index is 1.24. The molecule has 0 spiro atoms. The average molecular weight is 501 g/mol. The van der Waals surface area contributed by atoms with Crippen LogP contribution in [0.1, 0.15) is 19.3 Å². The molecule has 1 fully saturated rings. The van der Waals surface area contributed by atoms with Gasteiger partial charge in [-0.15, -0.1) is 0 Å². The zero-order chi connectivity index (χ0) is 24.1. The van der Waals surface area contributed by atoms with Gasteiger partial charge in [-0.1, -0.05) is 23.7 Å². The Morgan fingerprint density at radius 1 is 1.09 bits per heavy atom. The molecular weight excluding hydrogens is 472 g/mol. The van der Waals surface area contributed by atoms with Crippen LogP contribution in [-0.4, -0.2) is 62.8 Å². The number of piperidine rings is 1. The number of hydrogen-bond donors (Lipinski definition) is 1. The molecule has 2 aromatic carbocycles. The number of sulfone groups is 1. The quantitative estimate of drug-likeness (QED) is 0.521. The van der Waals surface area contributed by atoms with E-state index in [1.807, 2.05) is 24.3 Å². The fraction of sp³-hybridized carbons (Fsp3) is 0.360. The first kappa shape index (κ1) is 24.3. The van der Waals surface area contributed by atoms with Gasteiger partial charge in [0.1, 0.15) is 0 Å². The molecule has 0 radical (unpaired) electrons. The number of halogens is 1. The van der Waals surface area contributed by atoms with Gasteiger partial charge >= 0.3 is 6.03 Å². The highest BCUT2D eigenvalue weighted by Crippen LogP contribution is 2.23. The summed E-state index contributed by atoms with van der Waals surface area (Å²) >= 11 is 6.01. The van der Waals surface area contributed by atoms with Crippen LogP contribution in [0.3, 0.4) is 0 Å². The fourth-order valence-corrected chi connectivity index (χ4v) is 5.73. The first-order chi connectivity index (χ1) is 16.3. The molecule has 1 N–H and O–H groups in total. The molecule has 1 aliphatic heterocycles. The van der Waals surface area contributed by atoms with Crippen LogP contribution in [0.25, 0.3) is 10.8 Å². The molecule has 2 heterocycles. The number of rotatable bonds is 7. The summed E-state index contributed by atoms with van der Waals surface area (Å²) in [4.78, 5) is 20.8. The van der Waals surface area contributed by atoms with Crippen molar-refractivity contribution >= 4 is 43.9 Å². The van der Waals surface area contributed by atoms with Crippen molar-refractivity contribution in [1.82, 2.24) is 15.2 Å². The molecule has 1 aromatic heterocycles. The molecule has 4 rings (SSSR count). The molecule has 0 bridgehead atoms. The van der Waals surface area contributed by atoms with Crippen LogP contribution in [0.2, 0.25) is 5.02 Å². The molecule has 7 nitrogen and oxygen atoms in total.